The van der Waals surface area contributed by atoms with E-state index in [0.29, 0.717) is 11.0 Å². The maximum Gasteiger partial charge on any atom is 0.488 e. The molecule has 0 aliphatic rings. The van der Waals surface area contributed by atoms with Crippen molar-refractivity contribution >= 4 is 18.8 Å². The van der Waals surface area contributed by atoms with Gasteiger partial charge in [0.05, 0.1) is 0 Å². The van der Waals surface area contributed by atoms with Gasteiger partial charge in [0.2, 0.25) is 0 Å². The van der Waals surface area contributed by atoms with Gasteiger partial charge in [-0.3, -0.25) is 0 Å². The Balaban J connectivity index is 3.14. The van der Waals surface area contributed by atoms with E-state index in [1.54, 1.807) is 18.2 Å². The van der Waals surface area contributed by atoms with Crippen LogP contribution >= 0.6 is 0 Å². The van der Waals surface area contributed by atoms with Crippen LogP contribution < -0.4 is 5.46 Å². The summed E-state index contributed by atoms with van der Waals surface area (Å²) < 4.78 is 0. The van der Waals surface area contributed by atoms with Gasteiger partial charge in [-0.2, -0.15) is 0 Å². The molecule has 4 heteroatoms. The molecule has 1 rings (SSSR count). The van der Waals surface area contributed by atoms with Gasteiger partial charge in [0.25, 0.3) is 0 Å². The molecule has 0 spiro atoms. The number of benzene rings is 1. The maximum atomic E-state index is 8.85. The van der Waals surface area contributed by atoms with Gasteiger partial charge in [-0.1, -0.05) is 23.8 Å². The zero-order valence-corrected chi connectivity index (χ0v) is 6.78. The Bertz CT molecular complexity index is 299. The van der Waals surface area contributed by atoms with E-state index in [-0.39, 0.29) is 0 Å². The normalized spacial score (nSPS) is 9.58. The summed E-state index contributed by atoms with van der Waals surface area (Å²) >= 11 is 0. The Morgan fingerprint density at radius 2 is 2.00 bits per heavy atom. The highest BCUT2D eigenvalue weighted by Gasteiger charge is 2.10. The summed E-state index contributed by atoms with van der Waals surface area (Å²) in [6, 6.07) is 5.06. The van der Waals surface area contributed by atoms with Gasteiger partial charge in [0, 0.05) is 6.21 Å². The van der Waals surface area contributed by atoms with Crippen LogP contribution in [-0.2, 0) is 0 Å². The summed E-state index contributed by atoms with van der Waals surface area (Å²) in [6.45, 7) is 1.85. The van der Waals surface area contributed by atoms with Crippen molar-refractivity contribution in [3.05, 3.63) is 29.3 Å². The molecule has 0 bridgehead atoms. The van der Waals surface area contributed by atoms with E-state index in [1.165, 1.54) is 6.21 Å². The molecule has 12 heavy (non-hydrogen) atoms. The topological polar surface area (TPSA) is 64.3 Å². The molecule has 0 saturated carbocycles. The Hall–Kier alpha value is -1.13. The zero-order chi connectivity index (χ0) is 9.14. The average molecular weight is 163 g/mol. The second-order valence-electron chi connectivity index (χ2n) is 2.70. The molecule has 0 aliphatic heterocycles. The summed E-state index contributed by atoms with van der Waals surface area (Å²) in [6.07, 6.45) is 1.18. The number of rotatable bonds is 2. The van der Waals surface area contributed by atoms with Crippen LogP contribution in [0.3, 0.4) is 0 Å². The molecule has 1 aromatic rings. The predicted molar refractivity (Wildman–Crippen MR) is 48.9 cm³/mol. The largest absolute Gasteiger partial charge is 0.488 e. The minimum absolute atomic E-state index is 0.425. The molecule has 0 amide bonds. The maximum absolute atomic E-state index is 8.85. The van der Waals surface area contributed by atoms with Gasteiger partial charge >= 0.3 is 7.12 Å². The Morgan fingerprint density at radius 1 is 1.33 bits per heavy atom. The van der Waals surface area contributed by atoms with E-state index in [0.717, 1.165) is 5.56 Å². The lowest BCUT2D eigenvalue weighted by atomic mass is 9.79. The van der Waals surface area contributed by atoms with Crippen molar-refractivity contribution in [2.75, 3.05) is 0 Å². The molecule has 0 fully saturated rings. The summed E-state index contributed by atoms with van der Waals surface area (Å²) in [7, 11) is -1.46. The first-order valence-electron chi connectivity index (χ1n) is 3.61. The molecular formula is C8H10BNO2. The van der Waals surface area contributed by atoms with Gasteiger partial charge in [-0.25, -0.2) is 0 Å². The van der Waals surface area contributed by atoms with Gasteiger partial charge < -0.3 is 15.5 Å². The standard InChI is InChI=1S/C8H10BNO2/c1-6-2-7(5-10)4-8(3-6)9(11)12/h2-5,10-12H,1H3. The zero-order valence-electron chi connectivity index (χ0n) is 6.78. The van der Waals surface area contributed by atoms with E-state index in [2.05, 4.69) is 0 Å². The monoisotopic (exact) mass is 163 g/mol. The minimum Gasteiger partial charge on any atom is -0.423 e. The molecule has 0 saturated heterocycles. The highest BCUT2D eigenvalue weighted by Crippen LogP contribution is 1.99. The fraction of sp³-hybridized carbons (Fsp3) is 0.125. The predicted octanol–water partition coefficient (Wildman–Crippen LogP) is -0.328. The van der Waals surface area contributed by atoms with Crippen molar-refractivity contribution in [3.8, 4) is 0 Å². The SMILES string of the molecule is Cc1cc(C=N)cc(B(O)O)c1. The van der Waals surface area contributed by atoms with Crippen molar-refractivity contribution in [1.82, 2.24) is 0 Å². The van der Waals surface area contributed by atoms with Crippen molar-refractivity contribution in [2.24, 2.45) is 0 Å². The first kappa shape index (κ1) is 8.97. The lowest BCUT2D eigenvalue weighted by molar-refractivity contribution is 0.425. The lowest BCUT2D eigenvalue weighted by Crippen LogP contribution is -2.30. The molecule has 0 aromatic heterocycles. The second-order valence-corrected chi connectivity index (χ2v) is 2.70. The first-order valence-corrected chi connectivity index (χ1v) is 3.61. The third-order valence-corrected chi connectivity index (χ3v) is 1.59. The van der Waals surface area contributed by atoms with E-state index in [4.69, 9.17) is 15.5 Å². The van der Waals surface area contributed by atoms with E-state index in [1.807, 2.05) is 6.92 Å². The Morgan fingerprint density at radius 3 is 2.50 bits per heavy atom. The summed E-state index contributed by atoms with van der Waals surface area (Å²) in [5.74, 6) is 0. The van der Waals surface area contributed by atoms with Gasteiger partial charge in [-0.15, -0.1) is 0 Å². The third-order valence-electron chi connectivity index (χ3n) is 1.59. The molecule has 3 N–H and O–H groups in total. The molecule has 0 heterocycles. The molecule has 0 unspecified atom stereocenters. The minimum atomic E-state index is -1.46. The molecule has 62 valence electrons. The number of aryl methyl sites for hydroxylation is 1. The lowest BCUT2D eigenvalue weighted by Gasteiger charge is -2.02. The van der Waals surface area contributed by atoms with Crippen LogP contribution in [0, 0.1) is 12.3 Å². The quantitative estimate of drug-likeness (QED) is 0.413. The highest BCUT2D eigenvalue weighted by atomic mass is 16.4. The molecule has 3 nitrogen and oxygen atoms in total. The van der Waals surface area contributed by atoms with Crippen molar-refractivity contribution in [3.63, 3.8) is 0 Å². The van der Waals surface area contributed by atoms with Crippen LogP contribution in [-0.4, -0.2) is 23.4 Å². The van der Waals surface area contributed by atoms with Crippen LogP contribution in [0.15, 0.2) is 18.2 Å². The molecule has 0 radical (unpaired) electrons. The van der Waals surface area contributed by atoms with Crippen LogP contribution in [0.1, 0.15) is 11.1 Å². The Labute approximate surface area is 71.3 Å². The first-order chi connectivity index (χ1) is 5.63. The fourth-order valence-corrected chi connectivity index (χ4v) is 1.08. The smallest absolute Gasteiger partial charge is 0.423 e. The van der Waals surface area contributed by atoms with Crippen molar-refractivity contribution in [1.29, 1.82) is 5.41 Å². The van der Waals surface area contributed by atoms with E-state index in [9.17, 15) is 0 Å². The van der Waals surface area contributed by atoms with Crippen molar-refractivity contribution in [2.45, 2.75) is 6.92 Å². The number of hydrogen-bond acceptors (Lipinski definition) is 3. The highest BCUT2D eigenvalue weighted by molar-refractivity contribution is 6.58. The second kappa shape index (κ2) is 3.52. The summed E-state index contributed by atoms with van der Waals surface area (Å²) in [4.78, 5) is 0. The number of hydrogen-bond donors (Lipinski definition) is 3. The average Bonchev–Trinajstić information content (AvgIpc) is 2.03. The van der Waals surface area contributed by atoms with Crippen molar-refractivity contribution < 1.29 is 10.0 Å². The van der Waals surface area contributed by atoms with Gasteiger partial charge in [-0.05, 0) is 17.9 Å². The summed E-state index contributed by atoms with van der Waals surface area (Å²) in [5.41, 5.74) is 2.02. The van der Waals surface area contributed by atoms with E-state index >= 15 is 0 Å². The van der Waals surface area contributed by atoms with E-state index < -0.39 is 7.12 Å². The molecule has 0 atom stereocenters. The summed E-state index contributed by atoms with van der Waals surface area (Å²) in [5, 5.41) is 24.7. The van der Waals surface area contributed by atoms with Crippen LogP contribution in [0.2, 0.25) is 0 Å². The van der Waals surface area contributed by atoms with Gasteiger partial charge in [0.1, 0.15) is 0 Å². The molecular weight excluding hydrogens is 153 g/mol. The van der Waals surface area contributed by atoms with Crippen LogP contribution in [0.25, 0.3) is 0 Å². The fourth-order valence-electron chi connectivity index (χ4n) is 1.08. The molecule has 1 aromatic carbocycles. The number of nitrogens with one attached hydrogen (secondary N) is 1. The van der Waals surface area contributed by atoms with Gasteiger partial charge in [0.15, 0.2) is 0 Å². The molecule has 0 aliphatic carbocycles. The Kier molecular flexibility index (Phi) is 2.63. The third kappa shape index (κ3) is 1.93. The van der Waals surface area contributed by atoms with Crippen LogP contribution in [0.5, 0.6) is 0 Å². The van der Waals surface area contributed by atoms with Crippen LogP contribution in [0.4, 0.5) is 0 Å².